The van der Waals surface area contributed by atoms with E-state index in [2.05, 4.69) is 5.32 Å². The fourth-order valence-electron chi connectivity index (χ4n) is 5.51. The van der Waals surface area contributed by atoms with Crippen LogP contribution in [0.1, 0.15) is 47.5 Å². The summed E-state index contributed by atoms with van der Waals surface area (Å²) in [5, 5.41) is 3.10. The summed E-state index contributed by atoms with van der Waals surface area (Å²) in [7, 11) is 1.63. The molecule has 0 aromatic heterocycles. The number of hydrogen-bond acceptors (Lipinski definition) is 5. The van der Waals surface area contributed by atoms with Gasteiger partial charge in [-0.1, -0.05) is 31.0 Å². The van der Waals surface area contributed by atoms with E-state index in [1.54, 1.807) is 13.2 Å². The third-order valence-corrected chi connectivity index (χ3v) is 6.88. The Kier molecular flexibility index (Phi) is 5.51. The Bertz CT molecular complexity index is 1030. The number of rotatable bonds is 5. The summed E-state index contributed by atoms with van der Waals surface area (Å²) >= 11 is 0. The van der Waals surface area contributed by atoms with Gasteiger partial charge in [0.05, 0.1) is 18.1 Å². The van der Waals surface area contributed by atoms with Gasteiger partial charge in [-0.05, 0) is 36.6 Å². The van der Waals surface area contributed by atoms with E-state index in [9.17, 15) is 9.59 Å². The smallest absolute Gasteiger partial charge is 0.254 e. The fourth-order valence-corrected chi connectivity index (χ4v) is 5.51. The van der Waals surface area contributed by atoms with Crippen LogP contribution in [-0.4, -0.2) is 55.7 Å². The molecule has 2 aromatic carbocycles. The van der Waals surface area contributed by atoms with Crippen molar-refractivity contribution in [2.24, 2.45) is 0 Å². The number of nitrogens with one attached hydrogen (secondary N) is 1. The Morgan fingerprint density at radius 3 is 2.66 bits per heavy atom. The van der Waals surface area contributed by atoms with Gasteiger partial charge in [-0.2, -0.15) is 0 Å². The summed E-state index contributed by atoms with van der Waals surface area (Å²) in [5.74, 6) is 0.740. The van der Waals surface area contributed by atoms with Crippen molar-refractivity contribution in [3.05, 3.63) is 53.6 Å². The molecule has 2 aromatic rings. The molecule has 3 aliphatic rings. The van der Waals surface area contributed by atoms with Crippen LogP contribution in [0.3, 0.4) is 0 Å². The van der Waals surface area contributed by atoms with E-state index in [0.29, 0.717) is 49.1 Å². The molecule has 7 nitrogen and oxygen atoms in total. The largest absolute Gasteiger partial charge is 0.486 e. The van der Waals surface area contributed by atoms with Crippen LogP contribution >= 0.6 is 0 Å². The molecule has 0 saturated heterocycles. The minimum atomic E-state index is -0.540. The van der Waals surface area contributed by atoms with Gasteiger partial charge >= 0.3 is 0 Å². The van der Waals surface area contributed by atoms with Crippen LogP contribution in [0.15, 0.2) is 42.5 Å². The molecule has 2 aliphatic heterocycles. The maximum absolute atomic E-state index is 13.8. The number of methoxy groups -OCH3 is 1. The molecule has 168 valence electrons. The molecule has 1 N–H and O–H groups in total. The average Bonchev–Trinajstić information content (AvgIpc) is 3.29. The molecule has 2 amide bonds. The van der Waals surface area contributed by atoms with E-state index in [1.165, 1.54) is 0 Å². The molecular formula is C25H28N2O5. The molecule has 0 bridgehead atoms. The van der Waals surface area contributed by atoms with Crippen molar-refractivity contribution in [2.45, 2.75) is 37.1 Å². The normalized spacial score (nSPS) is 20.8. The van der Waals surface area contributed by atoms with Crippen molar-refractivity contribution >= 4 is 17.5 Å². The zero-order valence-corrected chi connectivity index (χ0v) is 18.3. The SMILES string of the molecule is COCCN1C(=O)c2ccccc2[C@@H](C(=O)Nc2ccc3c(c2)OCCO3)C12CCCC2. The first-order chi connectivity index (χ1) is 15.6. The molecule has 1 fully saturated rings. The number of carbonyl (C=O) groups is 2. The monoisotopic (exact) mass is 436 g/mol. The molecule has 32 heavy (non-hydrogen) atoms. The number of nitrogens with zero attached hydrogens (tertiary/aromatic N) is 1. The number of benzene rings is 2. The molecule has 1 aliphatic carbocycles. The van der Waals surface area contributed by atoms with E-state index in [1.807, 2.05) is 41.3 Å². The third kappa shape index (κ3) is 3.41. The number of hydrogen-bond donors (Lipinski definition) is 1. The lowest BCUT2D eigenvalue weighted by molar-refractivity contribution is -0.121. The van der Waals surface area contributed by atoms with Crippen LogP contribution in [0.25, 0.3) is 0 Å². The van der Waals surface area contributed by atoms with Gasteiger partial charge in [0.1, 0.15) is 13.2 Å². The maximum Gasteiger partial charge on any atom is 0.254 e. The number of fused-ring (bicyclic) bond motifs is 2. The lowest BCUT2D eigenvalue weighted by Crippen LogP contribution is -2.60. The molecule has 1 atom stereocenters. The lowest BCUT2D eigenvalue weighted by Gasteiger charge is -2.50. The molecule has 2 heterocycles. The van der Waals surface area contributed by atoms with Crippen LogP contribution in [0, 0.1) is 0 Å². The van der Waals surface area contributed by atoms with Gasteiger partial charge < -0.3 is 24.4 Å². The van der Waals surface area contributed by atoms with Crippen LogP contribution in [0.5, 0.6) is 11.5 Å². The molecule has 1 saturated carbocycles. The van der Waals surface area contributed by atoms with Gasteiger partial charge in [0, 0.05) is 31.0 Å². The minimum absolute atomic E-state index is 0.0112. The van der Waals surface area contributed by atoms with Crippen molar-refractivity contribution in [1.82, 2.24) is 4.90 Å². The van der Waals surface area contributed by atoms with Gasteiger partial charge in [0.25, 0.3) is 5.91 Å². The van der Waals surface area contributed by atoms with Crippen molar-refractivity contribution in [1.29, 1.82) is 0 Å². The van der Waals surface area contributed by atoms with E-state index < -0.39 is 11.5 Å². The summed E-state index contributed by atoms with van der Waals surface area (Å²) < 4.78 is 16.6. The predicted octanol–water partition coefficient (Wildman–Crippen LogP) is 3.60. The zero-order valence-electron chi connectivity index (χ0n) is 18.3. The van der Waals surface area contributed by atoms with Gasteiger partial charge in [-0.25, -0.2) is 0 Å². The highest BCUT2D eigenvalue weighted by Crippen LogP contribution is 2.50. The number of carbonyl (C=O) groups excluding carboxylic acids is 2. The number of anilines is 1. The molecule has 5 rings (SSSR count). The number of amides is 2. The first kappa shape index (κ1) is 20.8. The van der Waals surface area contributed by atoms with Crippen LogP contribution in [0.2, 0.25) is 0 Å². The van der Waals surface area contributed by atoms with Crippen LogP contribution < -0.4 is 14.8 Å². The van der Waals surface area contributed by atoms with E-state index in [0.717, 1.165) is 31.2 Å². The fraction of sp³-hybridized carbons (Fsp3) is 0.440. The second kappa shape index (κ2) is 8.47. The first-order valence-corrected chi connectivity index (χ1v) is 11.2. The molecular weight excluding hydrogens is 408 g/mol. The summed E-state index contributed by atoms with van der Waals surface area (Å²) in [6.07, 6.45) is 3.59. The second-order valence-electron chi connectivity index (χ2n) is 8.63. The van der Waals surface area contributed by atoms with Crippen LogP contribution in [0.4, 0.5) is 5.69 Å². The van der Waals surface area contributed by atoms with Crippen molar-refractivity contribution in [3.63, 3.8) is 0 Å². The quantitative estimate of drug-likeness (QED) is 0.775. The molecule has 1 spiro atoms. The lowest BCUT2D eigenvalue weighted by atomic mass is 9.71. The molecule has 0 unspecified atom stereocenters. The second-order valence-corrected chi connectivity index (χ2v) is 8.63. The van der Waals surface area contributed by atoms with E-state index in [4.69, 9.17) is 14.2 Å². The Morgan fingerprint density at radius 2 is 1.88 bits per heavy atom. The van der Waals surface area contributed by atoms with Crippen LogP contribution in [-0.2, 0) is 9.53 Å². The van der Waals surface area contributed by atoms with Gasteiger partial charge in [-0.15, -0.1) is 0 Å². The summed E-state index contributed by atoms with van der Waals surface area (Å²) in [4.78, 5) is 29.2. The van der Waals surface area contributed by atoms with Gasteiger partial charge in [-0.3, -0.25) is 9.59 Å². The Morgan fingerprint density at radius 1 is 1.12 bits per heavy atom. The van der Waals surface area contributed by atoms with Crippen molar-refractivity contribution < 1.29 is 23.8 Å². The predicted molar refractivity (Wildman–Crippen MR) is 119 cm³/mol. The number of ether oxygens (including phenoxy) is 3. The topological polar surface area (TPSA) is 77.1 Å². The van der Waals surface area contributed by atoms with E-state index >= 15 is 0 Å². The first-order valence-electron chi connectivity index (χ1n) is 11.2. The molecule has 7 heteroatoms. The Hall–Kier alpha value is -3.06. The molecule has 0 radical (unpaired) electrons. The minimum Gasteiger partial charge on any atom is -0.486 e. The highest BCUT2D eigenvalue weighted by Gasteiger charge is 2.55. The summed E-state index contributed by atoms with van der Waals surface area (Å²) in [6.45, 7) is 1.91. The standard InChI is InChI=1S/C25H28N2O5/c1-30-13-12-27-24(29)19-7-3-2-6-18(19)22(25(27)10-4-5-11-25)23(28)26-17-8-9-20-21(16-17)32-15-14-31-20/h2-3,6-9,16,22H,4-5,10-15H2,1H3,(H,26,28)/t22-/m0/s1. The maximum atomic E-state index is 13.8. The Labute approximate surface area is 187 Å². The summed E-state index contributed by atoms with van der Waals surface area (Å²) in [5.41, 5.74) is 1.53. The van der Waals surface area contributed by atoms with E-state index in [-0.39, 0.29) is 11.8 Å². The third-order valence-electron chi connectivity index (χ3n) is 6.88. The van der Waals surface area contributed by atoms with Crippen molar-refractivity contribution in [3.8, 4) is 11.5 Å². The highest BCUT2D eigenvalue weighted by molar-refractivity contribution is 6.05. The summed E-state index contributed by atoms with van der Waals surface area (Å²) in [6, 6.07) is 13.0. The zero-order chi connectivity index (χ0) is 22.1. The van der Waals surface area contributed by atoms with Crippen molar-refractivity contribution in [2.75, 3.05) is 38.8 Å². The highest BCUT2D eigenvalue weighted by atomic mass is 16.6. The Balaban J connectivity index is 1.53. The van der Waals surface area contributed by atoms with Gasteiger partial charge in [0.15, 0.2) is 11.5 Å². The van der Waals surface area contributed by atoms with Gasteiger partial charge in [0.2, 0.25) is 5.91 Å². The average molecular weight is 437 g/mol.